The molecule has 1 amide bonds. The number of nitrogens with zero attached hydrogens (tertiary/aromatic N) is 1. The Morgan fingerprint density at radius 1 is 1.22 bits per heavy atom. The number of benzene rings is 1. The Morgan fingerprint density at radius 2 is 1.94 bits per heavy atom. The highest BCUT2D eigenvalue weighted by Gasteiger charge is 2.36. The van der Waals surface area contributed by atoms with E-state index >= 15 is 0 Å². The van der Waals surface area contributed by atoms with Crippen molar-refractivity contribution in [2.45, 2.75) is 13.8 Å². The molecule has 4 heteroatoms. The number of fused-ring (bicyclic) bond motifs is 1. The molecule has 0 aliphatic carbocycles. The van der Waals surface area contributed by atoms with E-state index < -0.39 is 11.7 Å². The van der Waals surface area contributed by atoms with E-state index in [2.05, 4.69) is 0 Å². The van der Waals surface area contributed by atoms with Gasteiger partial charge >= 0.3 is 0 Å². The first-order valence-corrected chi connectivity index (χ1v) is 6.28. The van der Waals surface area contributed by atoms with Crippen LogP contribution in [0.4, 0.5) is 5.69 Å². The maximum atomic E-state index is 11.9. The summed E-state index contributed by atoms with van der Waals surface area (Å²) in [5.41, 5.74) is 3.14. The van der Waals surface area contributed by atoms with E-state index in [9.17, 15) is 9.59 Å². The molecule has 0 unspecified atom stereocenters. The van der Waals surface area contributed by atoms with E-state index in [0.29, 0.717) is 23.7 Å². The molecule has 0 bridgehead atoms. The monoisotopic (exact) mass is 263 g/mol. The number of carbonyl (C=O) groups is 2. The van der Waals surface area contributed by atoms with Crippen molar-refractivity contribution in [3.05, 3.63) is 41.0 Å². The lowest BCUT2D eigenvalue weighted by molar-refractivity contribution is -0.114. The maximum absolute atomic E-state index is 11.9. The summed E-state index contributed by atoms with van der Waals surface area (Å²) in [7, 11) is 0. The van der Waals surface area contributed by atoms with Crippen molar-refractivity contribution in [2.24, 2.45) is 0 Å². The summed E-state index contributed by atoms with van der Waals surface area (Å²) in [6.45, 7) is 4.19. The second-order valence-corrected chi connectivity index (χ2v) is 4.66. The summed E-state index contributed by atoms with van der Waals surface area (Å²) in [5.74, 6) is -0.477. The quantitative estimate of drug-likeness (QED) is 0.478. The zero-order chi connectivity index (χ0) is 13.3. The van der Waals surface area contributed by atoms with E-state index in [1.54, 1.807) is 12.2 Å². The molecule has 1 heterocycles. The van der Waals surface area contributed by atoms with Gasteiger partial charge in [-0.2, -0.15) is 0 Å². The fraction of sp³-hybridized carbons (Fsp3) is 0.286. The average Bonchev–Trinajstić information content (AvgIpc) is 2.54. The van der Waals surface area contributed by atoms with E-state index in [-0.39, 0.29) is 0 Å². The Labute approximate surface area is 111 Å². The van der Waals surface area contributed by atoms with Gasteiger partial charge in [0, 0.05) is 12.4 Å². The molecule has 0 radical (unpaired) electrons. The van der Waals surface area contributed by atoms with Crippen LogP contribution in [0.5, 0.6) is 0 Å². The van der Waals surface area contributed by atoms with Gasteiger partial charge in [-0.3, -0.25) is 9.59 Å². The molecule has 2 rings (SSSR count). The predicted molar refractivity (Wildman–Crippen MR) is 72.5 cm³/mol. The highest BCUT2D eigenvalue weighted by molar-refractivity contribution is 6.52. The van der Waals surface area contributed by atoms with Crippen molar-refractivity contribution in [3.63, 3.8) is 0 Å². The molecule has 0 fully saturated rings. The van der Waals surface area contributed by atoms with Gasteiger partial charge < -0.3 is 4.90 Å². The van der Waals surface area contributed by atoms with Gasteiger partial charge in [-0.05, 0) is 31.0 Å². The van der Waals surface area contributed by atoms with Crippen LogP contribution in [0.1, 0.15) is 21.5 Å². The van der Waals surface area contributed by atoms with Crippen LogP contribution < -0.4 is 4.90 Å². The molecular weight excluding hydrogens is 250 g/mol. The zero-order valence-electron chi connectivity index (χ0n) is 10.4. The summed E-state index contributed by atoms with van der Waals surface area (Å²) in [6.07, 6.45) is 3.56. The summed E-state index contributed by atoms with van der Waals surface area (Å²) < 4.78 is 0. The molecule has 1 aromatic rings. The number of halogens is 1. The van der Waals surface area contributed by atoms with Crippen molar-refractivity contribution in [2.75, 3.05) is 17.3 Å². The van der Waals surface area contributed by atoms with Crippen molar-refractivity contribution < 1.29 is 9.59 Å². The number of alkyl halides is 1. The van der Waals surface area contributed by atoms with Gasteiger partial charge in [-0.15, -0.1) is 11.6 Å². The summed E-state index contributed by atoms with van der Waals surface area (Å²) >= 11 is 5.55. The number of ketones is 1. The van der Waals surface area contributed by atoms with Gasteiger partial charge in [0.1, 0.15) is 0 Å². The lowest BCUT2D eigenvalue weighted by atomic mass is 10.0. The summed E-state index contributed by atoms with van der Waals surface area (Å²) in [4.78, 5) is 25.4. The minimum Gasteiger partial charge on any atom is -0.301 e. The molecule has 0 spiro atoms. The van der Waals surface area contributed by atoms with E-state index in [4.69, 9.17) is 11.6 Å². The van der Waals surface area contributed by atoms with Gasteiger partial charge in [0.05, 0.1) is 11.3 Å². The Bertz CT molecular complexity index is 549. The number of carbonyl (C=O) groups excluding carboxylic acids is 2. The summed E-state index contributed by atoms with van der Waals surface area (Å²) in [5, 5.41) is 0. The fourth-order valence-corrected chi connectivity index (χ4v) is 2.34. The number of hydrogen-bond donors (Lipinski definition) is 0. The number of amides is 1. The van der Waals surface area contributed by atoms with Crippen LogP contribution in [0, 0.1) is 13.8 Å². The topological polar surface area (TPSA) is 37.4 Å². The highest BCUT2D eigenvalue weighted by atomic mass is 35.5. The van der Waals surface area contributed by atoms with Crippen LogP contribution in [0.15, 0.2) is 24.3 Å². The van der Waals surface area contributed by atoms with Crippen LogP contribution in [0.25, 0.3) is 0 Å². The molecule has 1 aliphatic rings. The minimum atomic E-state index is -0.460. The maximum Gasteiger partial charge on any atom is 0.299 e. The van der Waals surface area contributed by atoms with E-state index in [1.165, 1.54) is 4.90 Å². The Morgan fingerprint density at radius 3 is 2.61 bits per heavy atom. The molecule has 0 aromatic heterocycles. The SMILES string of the molecule is Cc1cc(C)c2c(c1)N(CC=CCCl)C(=O)C2=O. The van der Waals surface area contributed by atoms with Gasteiger partial charge in [0.25, 0.3) is 11.7 Å². The Kier molecular flexibility index (Phi) is 3.53. The third-order valence-corrected chi connectivity index (χ3v) is 3.14. The molecule has 0 saturated carbocycles. The Hall–Kier alpha value is -1.61. The number of hydrogen-bond acceptors (Lipinski definition) is 2. The third kappa shape index (κ3) is 2.06. The average molecular weight is 264 g/mol. The van der Waals surface area contributed by atoms with Gasteiger partial charge in [0.2, 0.25) is 0 Å². The smallest absolute Gasteiger partial charge is 0.299 e. The molecule has 1 aromatic carbocycles. The number of Topliss-reactive ketones (excluding diaryl/α,β-unsaturated/α-hetero) is 1. The largest absolute Gasteiger partial charge is 0.301 e. The second kappa shape index (κ2) is 4.94. The molecule has 0 atom stereocenters. The predicted octanol–water partition coefficient (Wildman–Crippen LogP) is 2.63. The van der Waals surface area contributed by atoms with Gasteiger partial charge in [-0.25, -0.2) is 0 Å². The number of allylic oxidation sites excluding steroid dienone is 1. The lowest BCUT2D eigenvalue weighted by Gasteiger charge is -2.15. The molecule has 1 aliphatic heterocycles. The van der Waals surface area contributed by atoms with Gasteiger partial charge in [0.15, 0.2) is 0 Å². The lowest BCUT2D eigenvalue weighted by Crippen LogP contribution is -2.29. The standard InChI is InChI=1S/C14H14ClNO2/c1-9-7-10(2)12-11(8-9)16(6-4-3-5-15)14(18)13(12)17/h3-4,7-8H,5-6H2,1-2H3. The van der Waals surface area contributed by atoms with Gasteiger partial charge in [-0.1, -0.05) is 18.2 Å². The van der Waals surface area contributed by atoms with Crippen LogP contribution in [0.2, 0.25) is 0 Å². The first-order chi connectivity index (χ1) is 8.56. The van der Waals surface area contributed by atoms with E-state index in [1.807, 2.05) is 26.0 Å². The minimum absolute atomic E-state index is 0.382. The normalized spacial score (nSPS) is 14.7. The number of aryl methyl sites for hydroxylation is 2. The second-order valence-electron chi connectivity index (χ2n) is 4.35. The van der Waals surface area contributed by atoms with Crippen molar-refractivity contribution >= 4 is 29.0 Å². The molecular formula is C14H14ClNO2. The zero-order valence-corrected chi connectivity index (χ0v) is 11.1. The third-order valence-electron chi connectivity index (χ3n) is 2.96. The Balaban J connectivity index is 2.45. The first kappa shape index (κ1) is 12.8. The van der Waals surface area contributed by atoms with Crippen LogP contribution in [0.3, 0.4) is 0 Å². The summed E-state index contributed by atoms with van der Waals surface area (Å²) in [6, 6.07) is 3.79. The highest BCUT2D eigenvalue weighted by Crippen LogP contribution is 2.32. The van der Waals surface area contributed by atoms with Crippen LogP contribution >= 0.6 is 11.6 Å². The first-order valence-electron chi connectivity index (χ1n) is 5.74. The van der Waals surface area contributed by atoms with Crippen molar-refractivity contribution in [1.29, 1.82) is 0 Å². The van der Waals surface area contributed by atoms with Crippen molar-refractivity contribution in [3.8, 4) is 0 Å². The molecule has 0 N–H and O–H groups in total. The number of rotatable bonds is 3. The molecule has 0 saturated heterocycles. The molecule has 94 valence electrons. The molecule has 3 nitrogen and oxygen atoms in total. The fourth-order valence-electron chi connectivity index (χ4n) is 2.22. The van der Waals surface area contributed by atoms with Crippen LogP contribution in [-0.4, -0.2) is 24.1 Å². The van der Waals surface area contributed by atoms with Crippen LogP contribution in [-0.2, 0) is 4.79 Å². The number of anilines is 1. The van der Waals surface area contributed by atoms with E-state index in [0.717, 1.165) is 11.1 Å². The molecule has 18 heavy (non-hydrogen) atoms. The van der Waals surface area contributed by atoms with Crippen molar-refractivity contribution in [1.82, 2.24) is 0 Å².